The van der Waals surface area contributed by atoms with E-state index in [1.165, 1.54) is 35.7 Å². The molecule has 8 heteroatoms. The summed E-state index contributed by atoms with van der Waals surface area (Å²) < 4.78 is 32.5. The fraction of sp³-hybridized carbons (Fsp3) is 0.556. The molecule has 7 nitrogen and oxygen atoms in total. The summed E-state index contributed by atoms with van der Waals surface area (Å²) >= 11 is 0. The SMILES string of the molecule is COC(=O)C1CCC(N(C(C)C)S(=O)(=O)c2cccc(C(=O)O)c2)CC1. The highest BCUT2D eigenvalue weighted by molar-refractivity contribution is 7.89. The first-order valence-electron chi connectivity index (χ1n) is 8.63. The molecular formula is C18H25NO6S. The molecule has 0 aliphatic heterocycles. The fourth-order valence-corrected chi connectivity index (χ4v) is 5.47. The molecule has 0 amide bonds. The van der Waals surface area contributed by atoms with E-state index in [0.717, 1.165) is 0 Å². The summed E-state index contributed by atoms with van der Waals surface area (Å²) in [7, 11) is -2.49. The second kappa shape index (κ2) is 8.18. The van der Waals surface area contributed by atoms with Gasteiger partial charge in [-0.3, -0.25) is 4.79 Å². The number of aromatic carboxylic acids is 1. The first-order valence-corrected chi connectivity index (χ1v) is 10.1. The maximum absolute atomic E-state index is 13.2. The van der Waals surface area contributed by atoms with Crippen LogP contribution in [-0.4, -0.2) is 49.0 Å². The second-order valence-corrected chi connectivity index (χ2v) is 8.63. The van der Waals surface area contributed by atoms with E-state index in [9.17, 15) is 18.0 Å². The molecule has 1 aromatic carbocycles. The minimum absolute atomic E-state index is 0.0267. The number of carboxylic acids is 1. The van der Waals surface area contributed by atoms with E-state index in [0.29, 0.717) is 25.7 Å². The number of hydrogen-bond donors (Lipinski definition) is 1. The van der Waals surface area contributed by atoms with Gasteiger partial charge in [0.2, 0.25) is 10.0 Å². The van der Waals surface area contributed by atoms with Gasteiger partial charge < -0.3 is 9.84 Å². The third-order valence-corrected chi connectivity index (χ3v) is 6.88. The Hall–Kier alpha value is -1.93. The number of carboxylic acid groups (broad SMARTS) is 1. The molecule has 1 aliphatic rings. The Balaban J connectivity index is 2.28. The van der Waals surface area contributed by atoms with Gasteiger partial charge in [-0.2, -0.15) is 4.31 Å². The smallest absolute Gasteiger partial charge is 0.335 e. The van der Waals surface area contributed by atoms with Crippen LogP contribution < -0.4 is 0 Å². The number of nitrogens with zero attached hydrogens (tertiary/aromatic N) is 1. The zero-order chi connectivity index (χ0) is 19.5. The van der Waals surface area contributed by atoms with Crippen molar-refractivity contribution < 1.29 is 27.9 Å². The first-order chi connectivity index (χ1) is 12.2. The summed E-state index contributed by atoms with van der Waals surface area (Å²) in [6.07, 6.45) is 2.28. The van der Waals surface area contributed by atoms with Crippen LogP contribution in [0.1, 0.15) is 49.9 Å². The summed E-state index contributed by atoms with van der Waals surface area (Å²) in [6, 6.07) is 4.89. The Kier molecular flexibility index (Phi) is 6.41. The minimum atomic E-state index is -3.85. The maximum atomic E-state index is 13.2. The molecule has 26 heavy (non-hydrogen) atoms. The minimum Gasteiger partial charge on any atom is -0.478 e. The van der Waals surface area contributed by atoms with Crippen LogP contribution in [0.15, 0.2) is 29.2 Å². The predicted octanol–water partition coefficient (Wildman–Crippen LogP) is 2.52. The number of hydrogen-bond acceptors (Lipinski definition) is 5. The summed E-state index contributed by atoms with van der Waals surface area (Å²) in [5.74, 6) is -1.61. The van der Waals surface area contributed by atoms with Gasteiger partial charge in [-0.05, 0) is 57.7 Å². The van der Waals surface area contributed by atoms with Crippen LogP contribution in [0, 0.1) is 5.92 Å². The van der Waals surface area contributed by atoms with Crippen molar-refractivity contribution in [1.29, 1.82) is 0 Å². The largest absolute Gasteiger partial charge is 0.478 e. The average Bonchev–Trinajstić information content (AvgIpc) is 2.61. The zero-order valence-electron chi connectivity index (χ0n) is 15.2. The number of carbonyl (C=O) groups is 2. The van der Waals surface area contributed by atoms with Crippen LogP contribution in [0.25, 0.3) is 0 Å². The number of sulfonamides is 1. The molecule has 1 fully saturated rings. The second-order valence-electron chi connectivity index (χ2n) is 6.79. The highest BCUT2D eigenvalue weighted by Gasteiger charge is 2.37. The maximum Gasteiger partial charge on any atom is 0.335 e. The van der Waals surface area contributed by atoms with Crippen molar-refractivity contribution in [1.82, 2.24) is 4.31 Å². The van der Waals surface area contributed by atoms with Gasteiger partial charge in [0.05, 0.1) is 23.5 Å². The van der Waals surface area contributed by atoms with E-state index >= 15 is 0 Å². The molecule has 144 valence electrons. The van der Waals surface area contributed by atoms with Gasteiger partial charge in [0.15, 0.2) is 0 Å². The number of rotatable bonds is 6. The monoisotopic (exact) mass is 383 g/mol. The summed E-state index contributed by atoms with van der Waals surface area (Å²) in [5, 5.41) is 9.12. The van der Waals surface area contributed by atoms with Crippen molar-refractivity contribution in [3.8, 4) is 0 Å². The lowest BCUT2D eigenvalue weighted by Crippen LogP contribution is -2.46. The summed E-state index contributed by atoms with van der Waals surface area (Å²) in [4.78, 5) is 22.8. The Morgan fingerprint density at radius 3 is 2.31 bits per heavy atom. The van der Waals surface area contributed by atoms with E-state index in [1.54, 1.807) is 13.8 Å². The van der Waals surface area contributed by atoms with Crippen molar-refractivity contribution >= 4 is 22.0 Å². The zero-order valence-corrected chi connectivity index (χ0v) is 16.0. The molecule has 0 bridgehead atoms. The highest BCUT2D eigenvalue weighted by atomic mass is 32.2. The quantitative estimate of drug-likeness (QED) is 0.758. The van der Waals surface area contributed by atoms with Crippen LogP contribution >= 0.6 is 0 Å². The van der Waals surface area contributed by atoms with Crippen LogP contribution in [0.3, 0.4) is 0 Å². The van der Waals surface area contributed by atoms with Gasteiger partial charge in [0.1, 0.15) is 0 Å². The molecule has 1 aromatic rings. The van der Waals surface area contributed by atoms with Crippen LogP contribution in [-0.2, 0) is 19.6 Å². The average molecular weight is 383 g/mol. The first kappa shape index (κ1) is 20.4. The molecule has 0 atom stereocenters. The molecule has 0 saturated heterocycles. The van der Waals surface area contributed by atoms with Crippen LogP contribution in [0.4, 0.5) is 0 Å². The molecule has 1 aliphatic carbocycles. The van der Waals surface area contributed by atoms with Crippen molar-refractivity contribution in [2.75, 3.05) is 7.11 Å². The molecule has 0 aromatic heterocycles. The molecule has 0 unspecified atom stereocenters. The number of carbonyl (C=O) groups excluding carboxylic acids is 1. The lowest BCUT2D eigenvalue weighted by Gasteiger charge is -2.37. The molecule has 1 saturated carbocycles. The standard InChI is InChI=1S/C18H25NO6S/c1-12(2)19(15-9-7-13(8-10-15)18(22)25-3)26(23,24)16-6-4-5-14(11-16)17(20)21/h4-6,11-13,15H,7-10H2,1-3H3,(H,20,21). The predicted molar refractivity (Wildman–Crippen MR) is 95.3 cm³/mol. The Morgan fingerprint density at radius 1 is 1.19 bits per heavy atom. The highest BCUT2D eigenvalue weighted by Crippen LogP contribution is 2.33. The van der Waals surface area contributed by atoms with Crippen LogP contribution in [0.5, 0.6) is 0 Å². The molecular weight excluding hydrogens is 358 g/mol. The summed E-state index contributed by atoms with van der Waals surface area (Å²) in [5.41, 5.74) is -0.0656. The van der Waals surface area contributed by atoms with E-state index in [-0.39, 0.29) is 34.4 Å². The Bertz CT molecular complexity index is 766. The molecule has 0 heterocycles. The molecule has 0 spiro atoms. The molecule has 1 N–H and O–H groups in total. The molecule has 2 rings (SSSR count). The van der Waals surface area contributed by atoms with Crippen LogP contribution in [0.2, 0.25) is 0 Å². The fourth-order valence-electron chi connectivity index (χ4n) is 3.54. The van der Waals surface area contributed by atoms with E-state index < -0.39 is 16.0 Å². The van der Waals surface area contributed by atoms with Gasteiger partial charge in [0, 0.05) is 12.1 Å². The number of benzene rings is 1. The number of methoxy groups -OCH3 is 1. The molecule has 0 radical (unpaired) electrons. The van der Waals surface area contributed by atoms with Crippen molar-refractivity contribution in [2.45, 2.75) is 56.5 Å². The van der Waals surface area contributed by atoms with Gasteiger partial charge >= 0.3 is 11.9 Å². The Labute approximate surface area is 154 Å². The van der Waals surface area contributed by atoms with Crippen molar-refractivity contribution in [2.24, 2.45) is 5.92 Å². The lowest BCUT2D eigenvalue weighted by atomic mass is 9.86. The normalized spacial score (nSPS) is 21.0. The number of esters is 1. The van der Waals surface area contributed by atoms with E-state index in [4.69, 9.17) is 9.84 Å². The van der Waals surface area contributed by atoms with Gasteiger partial charge in [0.25, 0.3) is 0 Å². The van der Waals surface area contributed by atoms with Crippen molar-refractivity contribution in [3.05, 3.63) is 29.8 Å². The van der Waals surface area contributed by atoms with E-state index in [2.05, 4.69) is 0 Å². The third-order valence-electron chi connectivity index (χ3n) is 4.76. The Morgan fingerprint density at radius 2 is 1.81 bits per heavy atom. The topological polar surface area (TPSA) is 101 Å². The van der Waals surface area contributed by atoms with Gasteiger partial charge in [-0.1, -0.05) is 6.07 Å². The van der Waals surface area contributed by atoms with Gasteiger partial charge in [-0.25, -0.2) is 13.2 Å². The number of ether oxygens (including phenoxy) is 1. The van der Waals surface area contributed by atoms with E-state index in [1.807, 2.05) is 0 Å². The lowest BCUT2D eigenvalue weighted by molar-refractivity contribution is -0.146. The third kappa shape index (κ3) is 4.24. The van der Waals surface area contributed by atoms with Gasteiger partial charge in [-0.15, -0.1) is 0 Å². The van der Waals surface area contributed by atoms with Crippen molar-refractivity contribution in [3.63, 3.8) is 0 Å². The summed E-state index contributed by atoms with van der Waals surface area (Å²) in [6.45, 7) is 3.59.